The molecular formula is C14H16ClFN2O3. The number of benzene rings is 1. The fourth-order valence-electron chi connectivity index (χ4n) is 2.30. The van der Waals surface area contributed by atoms with Crippen LogP contribution in [0.15, 0.2) is 18.2 Å². The number of amides is 2. The quantitative estimate of drug-likeness (QED) is 0.913. The van der Waals surface area contributed by atoms with Gasteiger partial charge in [0.25, 0.3) is 0 Å². The number of methoxy groups -OCH3 is 1. The van der Waals surface area contributed by atoms with Gasteiger partial charge in [-0.1, -0.05) is 11.6 Å². The Morgan fingerprint density at radius 1 is 1.48 bits per heavy atom. The molecule has 0 aliphatic carbocycles. The summed E-state index contributed by atoms with van der Waals surface area (Å²) in [6.07, 6.45) is 0.961. The first kappa shape index (κ1) is 15.6. The molecular weight excluding hydrogens is 299 g/mol. The Kier molecular flexibility index (Phi) is 5.01. The number of rotatable bonds is 2. The van der Waals surface area contributed by atoms with Crippen molar-refractivity contribution in [3.05, 3.63) is 29.0 Å². The highest BCUT2D eigenvalue weighted by molar-refractivity contribution is 6.30. The van der Waals surface area contributed by atoms with Crippen LogP contribution >= 0.6 is 11.6 Å². The van der Waals surface area contributed by atoms with Crippen molar-refractivity contribution in [2.45, 2.75) is 12.8 Å². The van der Waals surface area contributed by atoms with E-state index < -0.39 is 11.9 Å². The Balaban J connectivity index is 1.99. The maximum Gasteiger partial charge on any atom is 0.409 e. The van der Waals surface area contributed by atoms with E-state index in [9.17, 15) is 14.0 Å². The third kappa shape index (κ3) is 3.85. The van der Waals surface area contributed by atoms with Crippen molar-refractivity contribution in [3.8, 4) is 0 Å². The minimum absolute atomic E-state index is 0.00234. The Morgan fingerprint density at radius 3 is 2.90 bits per heavy atom. The molecule has 0 saturated carbocycles. The lowest BCUT2D eigenvalue weighted by atomic mass is 9.97. The summed E-state index contributed by atoms with van der Waals surface area (Å²) in [5, 5.41) is 2.64. The van der Waals surface area contributed by atoms with E-state index in [4.69, 9.17) is 11.6 Å². The molecule has 1 N–H and O–H groups in total. The highest BCUT2D eigenvalue weighted by Gasteiger charge is 2.28. The number of ether oxygens (including phenoxy) is 1. The van der Waals surface area contributed by atoms with Gasteiger partial charge in [0.15, 0.2) is 0 Å². The van der Waals surface area contributed by atoms with Crippen LogP contribution < -0.4 is 5.32 Å². The zero-order valence-electron chi connectivity index (χ0n) is 11.6. The highest BCUT2D eigenvalue weighted by Crippen LogP contribution is 2.22. The second-order valence-electron chi connectivity index (χ2n) is 4.87. The smallest absolute Gasteiger partial charge is 0.409 e. The summed E-state index contributed by atoms with van der Waals surface area (Å²) >= 11 is 5.59. The number of piperidine rings is 1. The zero-order chi connectivity index (χ0) is 15.4. The number of nitrogens with zero attached hydrogens (tertiary/aromatic N) is 1. The summed E-state index contributed by atoms with van der Waals surface area (Å²) in [7, 11) is 1.31. The predicted octanol–water partition coefficient (Wildman–Crippen LogP) is 2.90. The standard InChI is InChI=1S/C14H16ClFN2O3/c1-21-14(20)18-6-2-3-9(8-18)13(19)17-10-4-5-11(15)12(16)7-10/h4-5,7,9H,2-3,6,8H2,1H3,(H,17,19). The van der Waals surface area contributed by atoms with Gasteiger partial charge in [0.2, 0.25) is 5.91 Å². The van der Waals surface area contributed by atoms with Crippen LogP contribution in [0, 0.1) is 11.7 Å². The van der Waals surface area contributed by atoms with Crippen molar-refractivity contribution in [2.75, 3.05) is 25.5 Å². The van der Waals surface area contributed by atoms with Crippen LogP contribution in [0.5, 0.6) is 0 Å². The molecule has 114 valence electrons. The van der Waals surface area contributed by atoms with E-state index in [0.717, 1.165) is 6.42 Å². The van der Waals surface area contributed by atoms with Crippen molar-refractivity contribution in [2.24, 2.45) is 5.92 Å². The first-order chi connectivity index (χ1) is 10.0. The molecule has 2 amide bonds. The summed E-state index contributed by atoms with van der Waals surface area (Å²) in [5.74, 6) is -1.17. The van der Waals surface area contributed by atoms with Crippen molar-refractivity contribution >= 4 is 29.3 Å². The summed E-state index contributed by atoms with van der Waals surface area (Å²) in [6.45, 7) is 0.876. The van der Waals surface area contributed by atoms with Crippen LogP contribution in [0.25, 0.3) is 0 Å². The summed E-state index contributed by atoms with van der Waals surface area (Å²) in [5.41, 5.74) is 0.345. The van der Waals surface area contributed by atoms with E-state index in [-0.39, 0.29) is 16.8 Å². The SMILES string of the molecule is COC(=O)N1CCCC(C(=O)Nc2ccc(Cl)c(F)c2)C1. The first-order valence-electron chi connectivity index (χ1n) is 6.60. The number of hydrogen-bond donors (Lipinski definition) is 1. The molecule has 0 aromatic heterocycles. The number of carbonyl (C=O) groups is 2. The molecule has 0 spiro atoms. The lowest BCUT2D eigenvalue weighted by Crippen LogP contribution is -2.43. The van der Waals surface area contributed by atoms with Gasteiger partial charge in [0.05, 0.1) is 18.1 Å². The maximum atomic E-state index is 13.3. The Hall–Kier alpha value is -1.82. The average molecular weight is 315 g/mol. The number of hydrogen-bond acceptors (Lipinski definition) is 3. The Morgan fingerprint density at radius 2 is 2.24 bits per heavy atom. The summed E-state index contributed by atoms with van der Waals surface area (Å²) < 4.78 is 18.0. The molecule has 1 fully saturated rings. The molecule has 1 aromatic rings. The molecule has 1 saturated heterocycles. The Labute approximate surface area is 127 Å². The topological polar surface area (TPSA) is 58.6 Å². The van der Waals surface area contributed by atoms with E-state index in [1.807, 2.05) is 0 Å². The third-order valence-electron chi connectivity index (χ3n) is 3.41. The van der Waals surface area contributed by atoms with E-state index in [0.29, 0.717) is 25.2 Å². The molecule has 2 rings (SSSR count). The molecule has 7 heteroatoms. The molecule has 0 radical (unpaired) electrons. The van der Waals surface area contributed by atoms with Gasteiger partial charge in [0.1, 0.15) is 5.82 Å². The third-order valence-corrected chi connectivity index (χ3v) is 3.72. The van der Waals surface area contributed by atoms with Crippen molar-refractivity contribution in [1.29, 1.82) is 0 Å². The minimum Gasteiger partial charge on any atom is -0.453 e. The van der Waals surface area contributed by atoms with Crippen molar-refractivity contribution in [3.63, 3.8) is 0 Å². The minimum atomic E-state index is -0.589. The molecule has 1 aliphatic heterocycles. The van der Waals surface area contributed by atoms with Gasteiger partial charge < -0.3 is 15.0 Å². The van der Waals surface area contributed by atoms with Crippen LogP contribution in [0.1, 0.15) is 12.8 Å². The van der Waals surface area contributed by atoms with Gasteiger partial charge in [-0.15, -0.1) is 0 Å². The number of carbonyl (C=O) groups excluding carboxylic acids is 2. The summed E-state index contributed by atoms with van der Waals surface area (Å²) in [6, 6.07) is 4.08. The maximum absolute atomic E-state index is 13.3. The number of nitrogens with one attached hydrogen (secondary N) is 1. The fraction of sp³-hybridized carbons (Fsp3) is 0.429. The second-order valence-corrected chi connectivity index (χ2v) is 5.28. The van der Waals surface area contributed by atoms with Gasteiger partial charge in [-0.25, -0.2) is 9.18 Å². The van der Waals surface area contributed by atoms with Gasteiger partial charge in [0, 0.05) is 18.8 Å². The molecule has 21 heavy (non-hydrogen) atoms. The highest BCUT2D eigenvalue weighted by atomic mass is 35.5. The van der Waals surface area contributed by atoms with Gasteiger partial charge >= 0.3 is 6.09 Å². The van der Waals surface area contributed by atoms with E-state index in [1.54, 1.807) is 0 Å². The largest absolute Gasteiger partial charge is 0.453 e. The summed E-state index contributed by atoms with van der Waals surface area (Å²) in [4.78, 5) is 25.2. The van der Waals surface area contributed by atoms with E-state index in [1.165, 1.54) is 30.2 Å². The molecule has 0 bridgehead atoms. The molecule has 1 unspecified atom stereocenters. The lowest BCUT2D eigenvalue weighted by molar-refractivity contribution is -0.121. The normalized spacial score (nSPS) is 18.2. The molecule has 5 nitrogen and oxygen atoms in total. The monoisotopic (exact) mass is 314 g/mol. The van der Waals surface area contributed by atoms with Crippen LogP contribution in [-0.2, 0) is 9.53 Å². The van der Waals surface area contributed by atoms with Gasteiger partial charge in [-0.05, 0) is 31.0 Å². The van der Waals surface area contributed by atoms with E-state index in [2.05, 4.69) is 10.1 Å². The van der Waals surface area contributed by atoms with E-state index >= 15 is 0 Å². The zero-order valence-corrected chi connectivity index (χ0v) is 12.3. The lowest BCUT2D eigenvalue weighted by Gasteiger charge is -2.30. The molecule has 1 heterocycles. The van der Waals surface area contributed by atoms with Gasteiger partial charge in [-0.2, -0.15) is 0 Å². The van der Waals surface area contributed by atoms with Gasteiger partial charge in [-0.3, -0.25) is 4.79 Å². The first-order valence-corrected chi connectivity index (χ1v) is 6.98. The van der Waals surface area contributed by atoms with Crippen LogP contribution in [0.3, 0.4) is 0 Å². The Bertz CT molecular complexity index is 553. The molecule has 1 atom stereocenters. The number of likely N-dealkylation sites (tertiary alicyclic amines) is 1. The van der Waals surface area contributed by atoms with Crippen molar-refractivity contribution < 1.29 is 18.7 Å². The second kappa shape index (κ2) is 6.76. The fourth-order valence-corrected chi connectivity index (χ4v) is 2.42. The predicted molar refractivity (Wildman–Crippen MR) is 76.7 cm³/mol. The van der Waals surface area contributed by atoms with Crippen LogP contribution in [0.4, 0.5) is 14.9 Å². The van der Waals surface area contributed by atoms with Crippen LogP contribution in [0.2, 0.25) is 5.02 Å². The number of halogens is 2. The number of anilines is 1. The van der Waals surface area contributed by atoms with Crippen LogP contribution in [-0.4, -0.2) is 37.1 Å². The average Bonchev–Trinajstić information content (AvgIpc) is 2.50. The van der Waals surface area contributed by atoms with Crippen molar-refractivity contribution in [1.82, 2.24) is 4.90 Å². The molecule has 1 aliphatic rings. The molecule has 1 aromatic carbocycles.